The fourth-order valence-electron chi connectivity index (χ4n) is 7.83. The zero-order chi connectivity index (χ0) is 41.5. The van der Waals surface area contributed by atoms with Gasteiger partial charge in [0.15, 0.2) is 6.10 Å². The summed E-state index contributed by atoms with van der Waals surface area (Å²) < 4.78 is 11.5. The van der Waals surface area contributed by atoms with Crippen LogP contribution in [0.25, 0.3) is 0 Å². The van der Waals surface area contributed by atoms with E-state index in [0.717, 1.165) is 43.5 Å². The second kappa shape index (κ2) is 47.5. The first-order valence-corrected chi connectivity index (χ1v) is 26.1. The average Bonchev–Trinajstić information content (AvgIpc) is 3.21. The van der Waals surface area contributed by atoms with Crippen molar-refractivity contribution in [1.82, 2.24) is 5.32 Å². The summed E-state index contributed by atoms with van der Waals surface area (Å²) in [4.78, 5) is 26.3. The molecule has 0 amide bonds. The Morgan fingerprint density at radius 1 is 0.386 bits per heavy atom. The summed E-state index contributed by atoms with van der Waals surface area (Å²) in [5, 5.41) is 3.33. The van der Waals surface area contributed by atoms with Gasteiger partial charge < -0.3 is 14.8 Å². The van der Waals surface area contributed by atoms with E-state index in [1.807, 2.05) is 0 Å². The molecule has 0 saturated carbocycles. The van der Waals surface area contributed by atoms with Crippen LogP contribution in [0.5, 0.6) is 0 Å². The summed E-state index contributed by atoms with van der Waals surface area (Å²) in [6.07, 6.45) is 51.8. The Hall–Kier alpha value is -1.17. The van der Waals surface area contributed by atoms with Gasteiger partial charge in [-0.05, 0) is 25.7 Å². The van der Waals surface area contributed by atoms with E-state index in [4.69, 9.17) is 21.7 Å². The summed E-state index contributed by atoms with van der Waals surface area (Å²) in [5.74, 6) is -0.384. The number of esters is 2. The van der Waals surface area contributed by atoms with Crippen LogP contribution < -0.4 is 5.32 Å². The maximum Gasteiger partial charge on any atom is 0.306 e. The molecule has 0 radical (unpaired) electrons. The van der Waals surface area contributed by atoms with Gasteiger partial charge in [-0.1, -0.05) is 264 Å². The molecule has 5 nitrogen and oxygen atoms in total. The molecular formula is C51H99NO4S. The molecule has 0 fully saturated rings. The minimum atomic E-state index is -0.514. The molecule has 1 atom stereocenters. The van der Waals surface area contributed by atoms with Crippen molar-refractivity contribution in [3.05, 3.63) is 0 Å². The lowest BCUT2D eigenvalue weighted by Crippen LogP contribution is -2.37. The van der Waals surface area contributed by atoms with E-state index in [2.05, 4.69) is 26.1 Å². The van der Waals surface area contributed by atoms with Crippen LogP contribution in [0, 0.1) is 0 Å². The third-order valence-corrected chi connectivity index (χ3v) is 12.1. The Morgan fingerprint density at radius 2 is 0.649 bits per heavy atom. The summed E-state index contributed by atoms with van der Waals surface area (Å²) in [7, 11) is 0. The Morgan fingerprint density at radius 3 is 0.965 bits per heavy atom. The number of hydrogen-bond acceptors (Lipinski definition) is 5. The van der Waals surface area contributed by atoms with Crippen LogP contribution in [0.2, 0.25) is 0 Å². The molecule has 1 N–H and O–H groups in total. The maximum atomic E-state index is 12.8. The van der Waals surface area contributed by atoms with Crippen molar-refractivity contribution < 1.29 is 19.1 Å². The van der Waals surface area contributed by atoms with Gasteiger partial charge in [0.1, 0.15) is 6.61 Å². The van der Waals surface area contributed by atoms with E-state index in [-0.39, 0.29) is 18.5 Å². The predicted octanol–water partition coefficient (Wildman–Crippen LogP) is 16.8. The van der Waals surface area contributed by atoms with E-state index >= 15 is 0 Å². The predicted molar refractivity (Wildman–Crippen MR) is 252 cm³/mol. The molecular weight excluding hydrogens is 723 g/mol. The number of thiocarbonyl (C=S) groups is 1. The molecule has 0 aromatic carbocycles. The third-order valence-electron chi connectivity index (χ3n) is 11.7. The van der Waals surface area contributed by atoms with Gasteiger partial charge in [-0.15, -0.1) is 0 Å². The van der Waals surface area contributed by atoms with Crippen molar-refractivity contribution in [3.63, 3.8) is 0 Å². The number of unbranched alkanes of at least 4 members (excludes halogenated alkanes) is 36. The minimum absolute atomic E-state index is 0.0932. The van der Waals surface area contributed by atoms with Crippen molar-refractivity contribution in [3.8, 4) is 0 Å². The Balaban J connectivity index is 4.31. The lowest BCUT2D eigenvalue weighted by atomic mass is 10.0. The SMILES string of the molecule is CCCCCCCCCCCCCCCC(=O)OCC(CNC(=S)CCCCCCCCCCCCCCC)OC(=O)CCCCCCCCCCCCCCC. The topological polar surface area (TPSA) is 64.6 Å². The largest absolute Gasteiger partial charge is 0.462 e. The molecule has 0 heterocycles. The molecule has 0 rings (SSSR count). The highest BCUT2D eigenvalue weighted by Gasteiger charge is 2.18. The van der Waals surface area contributed by atoms with Gasteiger partial charge in [0.25, 0.3) is 0 Å². The van der Waals surface area contributed by atoms with Gasteiger partial charge in [0.05, 0.1) is 11.5 Å². The van der Waals surface area contributed by atoms with Crippen LogP contribution in [0.3, 0.4) is 0 Å². The molecule has 0 saturated heterocycles. The maximum absolute atomic E-state index is 12.8. The van der Waals surface area contributed by atoms with Crippen LogP contribution in [0.4, 0.5) is 0 Å². The van der Waals surface area contributed by atoms with E-state index in [0.29, 0.717) is 19.4 Å². The van der Waals surface area contributed by atoms with Crippen molar-refractivity contribution >= 4 is 29.1 Å². The zero-order valence-electron chi connectivity index (χ0n) is 38.7. The second-order valence-corrected chi connectivity index (χ2v) is 18.1. The van der Waals surface area contributed by atoms with Gasteiger partial charge in [-0.2, -0.15) is 0 Å². The van der Waals surface area contributed by atoms with Gasteiger partial charge in [-0.3, -0.25) is 9.59 Å². The molecule has 1 unspecified atom stereocenters. The quantitative estimate of drug-likeness (QED) is 0.0375. The molecule has 0 aliphatic heterocycles. The van der Waals surface area contributed by atoms with Crippen LogP contribution in [0.15, 0.2) is 0 Å². The fraction of sp³-hybridized carbons (Fsp3) is 0.941. The van der Waals surface area contributed by atoms with Gasteiger partial charge in [-0.25, -0.2) is 0 Å². The number of nitrogens with one attached hydrogen (secondary N) is 1. The molecule has 0 aromatic rings. The number of carbonyl (C=O) groups excluding carboxylic acids is 2. The van der Waals surface area contributed by atoms with E-state index in [1.165, 1.54) is 218 Å². The number of carbonyl (C=O) groups is 2. The van der Waals surface area contributed by atoms with Crippen molar-refractivity contribution in [2.24, 2.45) is 0 Å². The summed E-state index contributed by atoms with van der Waals surface area (Å²) in [6.45, 7) is 7.32. The lowest BCUT2D eigenvalue weighted by Gasteiger charge is -2.19. The van der Waals surface area contributed by atoms with Crippen LogP contribution >= 0.6 is 12.2 Å². The highest BCUT2D eigenvalue weighted by atomic mass is 32.1. The van der Waals surface area contributed by atoms with Crippen molar-refractivity contribution in [2.45, 2.75) is 297 Å². The Bertz CT molecular complexity index is 805. The molecule has 0 bridgehead atoms. The monoisotopic (exact) mass is 822 g/mol. The van der Waals surface area contributed by atoms with E-state index in [9.17, 15) is 9.59 Å². The minimum Gasteiger partial charge on any atom is -0.462 e. The highest BCUT2D eigenvalue weighted by molar-refractivity contribution is 7.80. The third kappa shape index (κ3) is 45.8. The second-order valence-electron chi connectivity index (χ2n) is 17.6. The lowest BCUT2D eigenvalue weighted by molar-refractivity contribution is -0.158. The van der Waals surface area contributed by atoms with Crippen molar-refractivity contribution in [1.29, 1.82) is 0 Å². The zero-order valence-corrected chi connectivity index (χ0v) is 39.5. The fourth-order valence-corrected chi connectivity index (χ4v) is 8.06. The van der Waals surface area contributed by atoms with Gasteiger partial charge in [0.2, 0.25) is 0 Å². The molecule has 0 aromatic heterocycles. The Labute approximate surface area is 361 Å². The van der Waals surface area contributed by atoms with Crippen LogP contribution in [-0.4, -0.2) is 36.2 Å². The molecule has 57 heavy (non-hydrogen) atoms. The average molecular weight is 822 g/mol. The first-order chi connectivity index (χ1) is 28.0. The summed E-state index contributed by atoms with van der Waals surface area (Å²) >= 11 is 5.65. The molecule has 0 aliphatic rings. The van der Waals surface area contributed by atoms with Crippen molar-refractivity contribution in [2.75, 3.05) is 13.2 Å². The van der Waals surface area contributed by atoms with E-state index in [1.54, 1.807) is 0 Å². The highest BCUT2D eigenvalue weighted by Crippen LogP contribution is 2.16. The molecule has 0 aliphatic carbocycles. The molecule has 6 heteroatoms. The van der Waals surface area contributed by atoms with Gasteiger partial charge >= 0.3 is 11.9 Å². The number of rotatable bonds is 47. The first-order valence-electron chi connectivity index (χ1n) is 25.6. The molecule has 338 valence electrons. The normalized spacial score (nSPS) is 11.8. The smallest absolute Gasteiger partial charge is 0.306 e. The van der Waals surface area contributed by atoms with Crippen LogP contribution in [-0.2, 0) is 19.1 Å². The van der Waals surface area contributed by atoms with Gasteiger partial charge in [0, 0.05) is 12.8 Å². The first kappa shape index (κ1) is 55.8. The number of ether oxygens (including phenoxy) is 2. The summed E-state index contributed by atoms with van der Waals surface area (Å²) in [5.41, 5.74) is 0. The number of hydrogen-bond donors (Lipinski definition) is 1. The van der Waals surface area contributed by atoms with E-state index < -0.39 is 6.10 Å². The standard InChI is InChI=1S/C51H99NO4S/c1-4-7-10-13-16-19-22-25-28-31-34-37-40-43-49(57)52-46-48(56-51(54)45-42-39-36-33-30-27-24-21-18-15-12-9-6-3)47-55-50(53)44-41-38-35-32-29-26-23-20-17-14-11-8-5-2/h48H,4-47H2,1-3H3,(H,52,57). The Kier molecular flexibility index (Phi) is 46.5. The molecule has 0 spiro atoms. The van der Waals surface area contributed by atoms with Crippen LogP contribution in [0.1, 0.15) is 290 Å². The summed E-state index contributed by atoms with van der Waals surface area (Å²) in [6, 6.07) is 0.